The highest BCUT2D eigenvalue weighted by Gasteiger charge is 2.17. The Morgan fingerprint density at radius 3 is 2.86 bits per heavy atom. The van der Waals surface area contributed by atoms with Crippen LogP contribution in [-0.4, -0.2) is 21.1 Å². The number of fused-ring (bicyclic) bond motifs is 1. The van der Waals surface area contributed by atoms with Gasteiger partial charge in [0.15, 0.2) is 0 Å². The fraction of sp³-hybridized carbons (Fsp3) is 0.133. The number of para-hydroxylation sites is 1. The van der Waals surface area contributed by atoms with Gasteiger partial charge in [-0.1, -0.05) is 30.0 Å². The van der Waals surface area contributed by atoms with Gasteiger partial charge in [-0.25, -0.2) is 9.97 Å². The van der Waals surface area contributed by atoms with E-state index in [4.69, 9.17) is 0 Å². The fourth-order valence-corrected chi connectivity index (χ4v) is 3.67. The summed E-state index contributed by atoms with van der Waals surface area (Å²) in [5.41, 5.74) is 1.73. The topological polar surface area (TPSA) is 54.9 Å². The second-order valence-corrected chi connectivity index (χ2v) is 6.67. The zero-order valence-corrected chi connectivity index (χ0v) is 12.9. The van der Waals surface area contributed by atoms with Crippen LogP contribution in [0, 0.1) is 0 Å². The third-order valence-corrected chi connectivity index (χ3v) is 5.05. The standard InChI is InChI=1S/C15H13N3OS2/c1-10(14(19)18-11-5-3-2-4-6-11)21-15-13-12(7-8-20-13)16-9-17-15/h2-10H,1H3,(H,18,19). The van der Waals surface area contributed by atoms with E-state index in [1.54, 1.807) is 17.7 Å². The van der Waals surface area contributed by atoms with Gasteiger partial charge in [-0.3, -0.25) is 4.79 Å². The van der Waals surface area contributed by atoms with Crippen molar-refractivity contribution in [3.63, 3.8) is 0 Å². The normalized spacial score (nSPS) is 12.2. The third-order valence-electron chi connectivity index (χ3n) is 2.91. The van der Waals surface area contributed by atoms with E-state index in [1.165, 1.54) is 11.8 Å². The van der Waals surface area contributed by atoms with E-state index in [2.05, 4.69) is 15.3 Å². The van der Waals surface area contributed by atoms with Crippen molar-refractivity contribution in [1.29, 1.82) is 0 Å². The first-order valence-electron chi connectivity index (χ1n) is 6.45. The first-order valence-corrected chi connectivity index (χ1v) is 8.21. The van der Waals surface area contributed by atoms with Crippen molar-refractivity contribution in [2.75, 3.05) is 5.32 Å². The first-order chi connectivity index (χ1) is 10.2. The molecule has 2 aromatic heterocycles. The molecule has 4 nitrogen and oxygen atoms in total. The van der Waals surface area contributed by atoms with Crippen molar-refractivity contribution < 1.29 is 4.79 Å². The average Bonchev–Trinajstić information content (AvgIpc) is 2.98. The number of hydrogen-bond donors (Lipinski definition) is 1. The molecule has 0 spiro atoms. The van der Waals surface area contributed by atoms with E-state index in [0.29, 0.717) is 0 Å². The summed E-state index contributed by atoms with van der Waals surface area (Å²) in [5, 5.41) is 5.51. The number of carbonyl (C=O) groups excluding carboxylic acids is 1. The van der Waals surface area contributed by atoms with Gasteiger partial charge in [0.2, 0.25) is 5.91 Å². The smallest absolute Gasteiger partial charge is 0.237 e. The van der Waals surface area contributed by atoms with Crippen LogP contribution in [0.4, 0.5) is 5.69 Å². The van der Waals surface area contributed by atoms with Crippen LogP contribution in [-0.2, 0) is 4.79 Å². The average molecular weight is 315 g/mol. The summed E-state index contributed by atoms with van der Waals surface area (Å²) in [4.78, 5) is 20.7. The van der Waals surface area contributed by atoms with Crippen molar-refractivity contribution in [3.8, 4) is 0 Å². The van der Waals surface area contributed by atoms with Crippen molar-refractivity contribution in [2.24, 2.45) is 0 Å². The lowest BCUT2D eigenvalue weighted by Gasteiger charge is -2.11. The lowest BCUT2D eigenvalue weighted by atomic mass is 10.3. The van der Waals surface area contributed by atoms with Crippen molar-refractivity contribution in [3.05, 3.63) is 48.1 Å². The minimum absolute atomic E-state index is 0.0329. The maximum Gasteiger partial charge on any atom is 0.237 e. The molecule has 3 rings (SSSR count). The molecule has 1 unspecified atom stereocenters. The number of aromatic nitrogens is 2. The molecular formula is C15H13N3OS2. The molecule has 1 amide bonds. The molecule has 0 bridgehead atoms. The second-order valence-electron chi connectivity index (χ2n) is 4.43. The van der Waals surface area contributed by atoms with E-state index in [1.807, 2.05) is 48.7 Å². The van der Waals surface area contributed by atoms with E-state index in [0.717, 1.165) is 20.9 Å². The largest absolute Gasteiger partial charge is 0.325 e. The highest BCUT2D eigenvalue weighted by Crippen LogP contribution is 2.31. The van der Waals surface area contributed by atoms with Crippen molar-refractivity contribution >= 4 is 44.9 Å². The van der Waals surface area contributed by atoms with Crippen molar-refractivity contribution in [2.45, 2.75) is 17.2 Å². The maximum absolute atomic E-state index is 12.2. The first kappa shape index (κ1) is 14.0. The molecule has 2 heterocycles. The number of thiophene rings is 1. The zero-order chi connectivity index (χ0) is 14.7. The Morgan fingerprint density at radius 1 is 1.24 bits per heavy atom. The molecule has 0 radical (unpaired) electrons. The monoisotopic (exact) mass is 315 g/mol. The van der Waals surface area contributed by atoms with Gasteiger partial charge < -0.3 is 5.32 Å². The summed E-state index contributed by atoms with van der Waals surface area (Å²) < 4.78 is 1.03. The molecule has 21 heavy (non-hydrogen) atoms. The van der Waals surface area contributed by atoms with E-state index in [9.17, 15) is 4.79 Å². The van der Waals surface area contributed by atoms with Gasteiger partial charge in [0.05, 0.1) is 15.5 Å². The molecule has 1 N–H and O–H groups in total. The number of anilines is 1. The van der Waals surface area contributed by atoms with Crippen LogP contribution < -0.4 is 5.32 Å². The lowest BCUT2D eigenvalue weighted by Crippen LogP contribution is -2.22. The number of thioether (sulfide) groups is 1. The van der Waals surface area contributed by atoms with Crippen LogP contribution in [0.15, 0.2) is 53.1 Å². The van der Waals surface area contributed by atoms with Gasteiger partial charge in [0.25, 0.3) is 0 Å². The minimum Gasteiger partial charge on any atom is -0.325 e. The van der Waals surface area contributed by atoms with Crippen LogP contribution in [0.2, 0.25) is 0 Å². The van der Waals surface area contributed by atoms with Gasteiger partial charge in [-0.05, 0) is 30.5 Å². The number of hydrogen-bond acceptors (Lipinski definition) is 5. The summed E-state index contributed by atoms with van der Waals surface area (Å²) in [6, 6.07) is 11.4. The third kappa shape index (κ3) is 3.22. The molecule has 0 fully saturated rings. The predicted octanol–water partition coefficient (Wildman–Crippen LogP) is 3.81. The summed E-state index contributed by atoms with van der Waals surface area (Å²) >= 11 is 3.05. The fourth-order valence-electron chi connectivity index (χ4n) is 1.84. The minimum atomic E-state index is -0.231. The summed E-state index contributed by atoms with van der Waals surface area (Å²) in [5.74, 6) is -0.0329. The Labute approximate surface area is 130 Å². The van der Waals surface area contributed by atoms with Gasteiger partial charge in [0.1, 0.15) is 11.4 Å². The number of carbonyl (C=O) groups is 1. The number of rotatable bonds is 4. The molecule has 1 atom stereocenters. The molecule has 0 saturated heterocycles. The molecule has 0 aliphatic carbocycles. The SMILES string of the molecule is CC(Sc1ncnc2ccsc12)C(=O)Nc1ccccc1. The molecular weight excluding hydrogens is 302 g/mol. The quantitative estimate of drug-likeness (QED) is 0.587. The van der Waals surface area contributed by atoms with Gasteiger partial charge in [-0.15, -0.1) is 11.3 Å². The Hall–Kier alpha value is -1.92. The lowest BCUT2D eigenvalue weighted by molar-refractivity contribution is -0.115. The van der Waals surface area contributed by atoms with Crippen LogP contribution in [0.25, 0.3) is 10.2 Å². The molecule has 0 aliphatic rings. The molecule has 0 saturated carbocycles. The van der Waals surface area contributed by atoms with Gasteiger partial charge in [-0.2, -0.15) is 0 Å². The second kappa shape index (κ2) is 6.24. The van der Waals surface area contributed by atoms with Crippen LogP contribution in [0.5, 0.6) is 0 Å². The zero-order valence-electron chi connectivity index (χ0n) is 11.3. The van der Waals surface area contributed by atoms with Crippen molar-refractivity contribution in [1.82, 2.24) is 9.97 Å². The highest BCUT2D eigenvalue weighted by atomic mass is 32.2. The molecule has 106 valence electrons. The predicted molar refractivity (Wildman–Crippen MR) is 87.8 cm³/mol. The number of benzene rings is 1. The summed E-state index contributed by atoms with van der Waals surface area (Å²) in [6.45, 7) is 1.88. The van der Waals surface area contributed by atoms with E-state index < -0.39 is 0 Å². The Morgan fingerprint density at radius 2 is 2.05 bits per heavy atom. The Kier molecular flexibility index (Phi) is 4.17. The molecule has 1 aromatic carbocycles. The van der Waals surface area contributed by atoms with Crippen LogP contribution >= 0.6 is 23.1 Å². The van der Waals surface area contributed by atoms with Crippen LogP contribution in [0.3, 0.4) is 0 Å². The molecule has 0 aliphatic heterocycles. The number of amides is 1. The molecule has 3 aromatic rings. The van der Waals surface area contributed by atoms with Crippen LogP contribution in [0.1, 0.15) is 6.92 Å². The maximum atomic E-state index is 12.2. The van der Waals surface area contributed by atoms with Gasteiger partial charge >= 0.3 is 0 Å². The number of nitrogens with zero attached hydrogens (tertiary/aromatic N) is 2. The summed E-state index contributed by atoms with van der Waals surface area (Å²) in [6.07, 6.45) is 1.54. The Balaban J connectivity index is 1.72. The van der Waals surface area contributed by atoms with E-state index >= 15 is 0 Å². The number of nitrogens with one attached hydrogen (secondary N) is 1. The van der Waals surface area contributed by atoms with Gasteiger partial charge in [0, 0.05) is 5.69 Å². The summed E-state index contributed by atoms with van der Waals surface area (Å²) in [7, 11) is 0. The Bertz CT molecular complexity index is 758. The van der Waals surface area contributed by atoms with E-state index in [-0.39, 0.29) is 11.2 Å². The highest BCUT2D eigenvalue weighted by molar-refractivity contribution is 8.00. The molecule has 6 heteroatoms.